The average molecular weight is 361 g/mol. The quantitative estimate of drug-likeness (QED) is 0.525. The number of primary amides is 1. The van der Waals surface area contributed by atoms with Gasteiger partial charge in [0.1, 0.15) is 5.82 Å². The second-order valence-electron chi connectivity index (χ2n) is 7.10. The zero-order chi connectivity index (χ0) is 18.5. The number of amides is 1. The summed E-state index contributed by atoms with van der Waals surface area (Å²) in [6, 6.07) is 7.53. The summed E-state index contributed by atoms with van der Waals surface area (Å²) in [5, 5.41) is 6.93. The Morgan fingerprint density at radius 1 is 1.31 bits per heavy atom. The van der Waals surface area contributed by atoms with Crippen molar-refractivity contribution in [3.8, 4) is 0 Å². The molecule has 1 aliphatic heterocycles. The summed E-state index contributed by atoms with van der Waals surface area (Å²) in [6.45, 7) is 4.71. The van der Waals surface area contributed by atoms with Crippen molar-refractivity contribution in [1.29, 1.82) is 0 Å². The molecule has 4 N–H and O–H groups in total. The lowest BCUT2D eigenvalue weighted by molar-refractivity contribution is -0.119. The minimum atomic E-state index is -0.278. The van der Waals surface area contributed by atoms with Crippen molar-refractivity contribution < 1.29 is 9.18 Å². The molecule has 3 rings (SSSR count). The van der Waals surface area contributed by atoms with Crippen molar-refractivity contribution in [3.63, 3.8) is 0 Å². The lowest BCUT2D eigenvalue weighted by Crippen LogP contribution is -2.50. The molecule has 7 heteroatoms. The smallest absolute Gasteiger partial charge is 0.231 e. The first-order valence-electron chi connectivity index (χ1n) is 9.39. The lowest BCUT2D eigenvalue weighted by atomic mass is 10.1. The molecule has 1 amide bonds. The normalized spacial score (nSPS) is 24.3. The first kappa shape index (κ1) is 18.6. The summed E-state index contributed by atoms with van der Waals surface area (Å²) in [4.78, 5) is 17.6. The molecule has 26 heavy (non-hydrogen) atoms. The number of nitrogens with zero attached hydrogens (tertiary/aromatic N) is 2. The third-order valence-corrected chi connectivity index (χ3v) is 5.04. The fourth-order valence-corrected chi connectivity index (χ4v) is 3.59. The van der Waals surface area contributed by atoms with Crippen LogP contribution in [0.3, 0.4) is 0 Å². The van der Waals surface area contributed by atoms with Gasteiger partial charge in [0.15, 0.2) is 5.96 Å². The molecular weight excluding hydrogens is 333 g/mol. The minimum absolute atomic E-state index is 0.134. The summed E-state index contributed by atoms with van der Waals surface area (Å²) in [6.07, 6.45) is 2.81. The standard InChI is InChI=1S/C19H28FN5O/c1-2-22-19(23-13-7-9-25(10-8-13)12-18(21)26)24-17-11-15(17)14-5-3-4-6-16(14)20/h3-6,13,15,17H,2,7-12H2,1H3,(H2,21,26)(H2,22,23,24). The van der Waals surface area contributed by atoms with E-state index < -0.39 is 0 Å². The fraction of sp³-hybridized carbons (Fsp3) is 0.579. The number of halogens is 1. The maximum atomic E-state index is 13.9. The van der Waals surface area contributed by atoms with Crippen LogP contribution in [0, 0.1) is 5.82 Å². The molecular formula is C19H28FN5O. The molecule has 0 spiro atoms. The number of likely N-dealkylation sites (tertiary alicyclic amines) is 1. The van der Waals surface area contributed by atoms with Gasteiger partial charge >= 0.3 is 0 Å². The van der Waals surface area contributed by atoms with Gasteiger partial charge in [0, 0.05) is 37.6 Å². The highest BCUT2D eigenvalue weighted by Gasteiger charge is 2.40. The molecule has 1 heterocycles. The molecule has 142 valence electrons. The maximum absolute atomic E-state index is 13.9. The van der Waals surface area contributed by atoms with Crippen LogP contribution in [-0.4, -0.2) is 55.0 Å². The summed E-state index contributed by atoms with van der Waals surface area (Å²) in [7, 11) is 0. The number of hydrogen-bond donors (Lipinski definition) is 3. The zero-order valence-electron chi connectivity index (χ0n) is 15.2. The fourth-order valence-electron chi connectivity index (χ4n) is 3.59. The Morgan fingerprint density at radius 3 is 2.69 bits per heavy atom. The number of piperidine rings is 1. The molecule has 2 atom stereocenters. The lowest BCUT2D eigenvalue weighted by Gasteiger charge is -2.32. The number of rotatable bonds is 6. The molecule has 1 aliphatic carbocycles. The van der Waals surface area contributed by atoms with Crippen molar-refractivity contribution >= 4 is 11.9 Å². The second-order valence-corrected chi connectivity index (χ2v) is 7.10. The van der Waals surface area contributed by atoms with E-state index in [9.17, 15) is 9.18 Å². The van der Waals surface area contributed by atoms with E-state index in [-0.39, 0.29) is 23.7 Å². The van der Waals surface area contributed by atoms with E-state index in [1.807, 2.05) is 19.1 Å². The van der Waals surface area contributed by atoms with Crippen molar-refractivity contribution in [2.24, 2.45) is 10.7 Å². The largest absolute Gasteiger partial charge is 0.369 e. The van der Waals surface area contributed by atoms with E-state index in [2.05, 4.69) is 20.5 Å². The van der Waals surface area contributed by atoms with Gasteiger partial charge in [0.25, 0.3) is 0 Å². The Bertz CT molecular complexity index is 657. The number of hydrogen-bond acceptors (Lipinski definition) is 3. The Kier molecular flexibility index (Phi) is 6.08. The topological polar surface area (TPSA) is 82.8 Å². The SMILES string of the molecule is CCN=C(NC1CCN(CC(N)=O)CC1)NC1CC1c1ccccc1F. The maximum Gasteiger partial charge on any atom is 0.231 e. The van der Waals surface area contributed by atoms with Crippen LogP contribution in [0.4, 0.5) is 4.39 Å². The molecule has 0 bridgehead atoms. The van der Waals surface area contributed by atoms with E-state index >= 15 is 0 Å². The van der Waals surface area contributed by atoms with Gasteiger partial charge in [-0.15, -0.1) is 0 Å². The summed E-state index contributed by atoms with van der Waals surface area (Å²) in [5.41, 5.74) is 6.04. The molecule has 2 aliphatic rings. The molecule has 2 unspecified atom stereocenters. The highest BCUT2D eigenvalue weighted by molar-refractivity contribution is 5.81. The van der Waals surface area contributed by atoms with Crippen LogP contribution in [0.25, 0.3) is 0 Å². The third-order valence-electron chi connectivity index (χ3n) is 5.04. The monoisotopic (exact) mass is 361 g/mol. The number of nitrogens with two attached hydrogens (primary N) is 1. The van der Waals surface area contributed by atoms with Crippen LogP contribution in [0.15, 0.2) is 29.3 Å². The number of nitrogens with one attached hydrogen (secondary N) is 2. The Balaban J connectivity index is 1.49. The van der Waals surface area contributed by atoms with Gasteiger partial charge in [0.05, 0.1) is 6.54 Å². The van der Waals surface area contributed by atoms with Gasteiger partial charge < -0.3 is 16.4 Å². The number of carbonyl (C=O) groups is 1. The number of aliphatic imine (C=N–C) groups is 1. The van der Waals surface area contributed by atoms with Crippen LogP contribution in [0.2, 0.25) is 0 Å². The Labute approximate surface area is 154 Å². The Hall–Kier alpha value is -2.15. The number of guanidine groups is 1. The highest BCUT2D eigenvalue weighted by Crippen LogP contribution is 2.41. The minimum Gasteiger partial charge on any atom is -0.369 e. The van der Waals surface area contributed by atoms with E-state index in [1.165, 1.54) is 6.07 Å². The predicted octanol–water partition coefficient (Wildman–Crippen LogP) is 1.19. The zero-order valence-corrected chi connectivity index (χ0v) is 15.2. The summed E-state index contributed by atoms with van der Waals surface area (Å²) in [5.74, 6) is 0.590. The predicted molar refractivity (Wildman–Crippen MR) is 100 cm³/mol. The highest BCUT2D eigenvalue weighted by atomic mass is 19.1. The van der Waals surface area contributed by atoms with Crippen molar-refractivity contribution in [2.45, 2.75) is 44.2 Å². The third kappa shape index (κ3) is 4.94. The van der Waals surface area contributed by atoms with Gasteiger partial charge in [-0.2, -0.15) is 0 Å². The van der Waals surface area contributed by atoms with Crippen LogP contribution in [0.5, 0.6) is 0 Å². The molecule has 1 saturated heterocycles. The molecule has 0 aromatic heterocycles. The Morgan fingerprint density at radius 2 is 2.04 bits per heavy atom. The van der Waals surface area contributed by atoms with Crippen LogP contribution in [0.1, 0.15) is 37.7 Å². The number of benzene rings is 1. The van der Waals surface area contributed by atoms with Crippen LogP contribution >= 0.6 is 0 Å². The van der Waals surface area contributed by atoms with Crippen LogP contribution < -0.4 is 16.4 Å². The van der Waals surface area contributed by atoms with Crippen LogP contribution in [-0.2, 0) is 4.79 Å². The second kappa shape index (κ2) is 8.49. The first-order chi connectivity index (χ1) is 12.6. The molecule has 0 radical (unpaired) electrons. The van der Waals surface area contributed by atoms with Crippen molar-refractivity contribution in [3.05, 3.63) is 35.6 Å². The van der Waals surface area contributed by atoms with Gasteiger partial charge in [0.2, 0.25) is 5.91 Å². The summed E-state index contributed by atoms with van der Waals surface area (Å²) < 4.78 is 13.9. The van der Waals surface area contributed by atoms with E-state index in [1.54, 1.807) is 6.07 Å². The average Bonchev–Trinajstić information content (AvgIpc) is 3.35. The molecule has 2 fully saturated rings. The van der Waals surface area contributed by atoms with Gasteiger partial charge in [-0.05, 0) is 37.8 Å². The number of carbonyl (C=O) groups excluding carboxylic acids is 1. The van der Waals surface area contributed by atoms with Crippen molar-refractivity contribution in [2.75, 3.05) is 26.2 Å². The molecule has 1 aromatic carbocycles. The van der Waals surface area contributed by atoms with Crippen molar-refractivity contribution in [1.82, 2.24) is 15.5 Å². The van der Waals surface area contributed by atoms with Gasteiger partial charge in [-0.25, -0.2) is 4.39 Å². The molecule has 1 aromatic rings. The van der Waals surface area contributed by atoms with E-state index in [0.717, 1.165) is 43.9 Å². The van der Waals surface area contributed by atoms with E-state index in [0.29, 0.717) is 19.1 Å². The van der Waals surface area contributed by atoms with Gasteiger partial charge in [-0.1, -0.05) is 18.2 Å². The molecule has 6 nitrogen and oxygen atoms in total. The van der Waals surface area contributed by atoms with Gasteiger partial charge in [-0.3, -0.25) is 14.7 Å². The van der Waals surface area contributed by atoms with E-state index in [4.69, 9.17) is 5.73 Å². The summed E-state index contributed by atoms with van der Waals surface area (Å²) >= 11 is 0. The first-order valence-corrected chi connectivity index (χ1v) is 9.39. The molecule has 1 saturated carbocycles.